The molecule has 0 atom stereocenters. The first-order chi connectivity index (χ1) is 13.7. The Bertz CT molecular complexity index is 1320. The van der Waals surface area contributed by atoms with Gasteiger partial charge >= 0.3 is 0 Å². The fourth-order valence-electron chi connectivity index (χ4n) is 3.02. The molecular weight excluding hydrogens is 414 g/mol. The number of aromatic amines is 1. The topological polar surface area (TPSA) is 71.8 Å². The molecule has 5 aromatic rings. The van der Waals surface area contributed by atoms with Gasteiger partial charge < -0.3 is 9.40 Å². The average Bonchev–Trinajstić information content (AvgIpc) is 3.43. The standard InChI is InChI=1S/C20H12ClN3O2S2/c21-17-12-6-2-4-8-16(12)28-18(17)19-23-24-20(26-19)27-10-15(25)13-9-22-14-7-3-1-5-11(13)14/h1-9,22H,10H2. The summed E-state index contributed by atoms with van der Waals surface area (Å²) >= 11 is 9.20. The SMILES string of the molecule is O=C(CSc1nnc(-c2sc3ccccc3c2Cl)o1)c1c[nH]c2ccccc12. The van der Waals surface area contributed by atoms with Gasteiger partial charge in [-0.05, 0) is 12.1 Å². The van der Waals surface area contributed by atoms with E-state index >= 15 is 0 Å². The molecule has 3 aromatic heterocycles. The first-order valence-corrected chi connectivity index (χ1v) is 10.6. The monoisotopic (exact) mass is 425 g/mol. The van der Waals surface area contributed by atoms with Gasteiger partial charge in [0.25, 0.3) is 11.1 Å². The molecule has 0 unspecified atom stereocenters. The van der Waals surface area contributed by atoms with Crippen LogP contribution in [0, 0.1) is 0 Å². The lowest BCUT2D eigenvalue weighted by atomic mass is 10.1. The Labute approximate surface area is 172 Å². The van der Waals surface area contributed by atoms with Crippen LogP contribution < -0.4 is 0 Å². The van der Waals surface area contributed by atoms with E-state index in [1.807, 2.05) is 48.5 Å². The third-order valence-corrected chi connectivity index (χ3v) is 6.83. The zero-order chi connectivity index (χ0) is 19.1. The number of thiophene rings is 1. The summed E-state index contributed by atoms with van der Waals surface area (Å²) in [6.45, 7) is 0. The zero-order valence-electron chi connectivity index (χ0n) is 14.3. The van der Waals surface area contributed by atoms with Gasteiger partial charge in [0.1, 0.15) is 4.88 Å². The Morgan fingerprint density at radius 3 is 2.75 bits per heavy atom. The van der Waals surface area contributed by atoms with E-state index in [2.05, 4.69) is 15.2 Å². The number of rotatable bonds is 5. The Balaban J connectivity index is 1.35. The van der Waals surface area contributed by atoms with E-state index in [-0.39, 0.29) is 11.5 Å². The van der Waals surface area contributed by atoms with Crippen molar-refractivity contribution >= 4 is 61.5 Å². The van der Waals surface area contributed by atoms with Gasteiger partial charge in [0.15, 0.2) is 5.78 Å². The Morgan fingerprint density at radius 2 is 1.89 bits per heavy atom. The third-order valence-electron chi connectivity index (χ3n) is 4.35. The Kier molecular flexibility index (Phi) is 4.43. The van der Waals surface area contributed by atoms with Crippen LogP contribution in [0.15, 0.2) is 64.4 Å². The van der Waals surface area contributed by atoms with Gasteiger partial charge in [0.2, 0.25) is 0 Å². The summed E-state index contributed by atoms with van der Waals surface area (Å²) in [6.07, 6.45) is 1.74. The van der Waals surface area contributed by atoms with Crippen molar-refractivity contribution in [2.24, 2.45) is 0 Å². The maximum atomic E-state index is 12.6. The smallest absolute Gasteiger partial charge is 0.277 e. The summed E-state index contributed by atoms with van der Waals surface area (Å²) in [5.41, 5.74) is 1.60. The minimum absolute atomic E-state index is 0.00194. The number of para-hydroxylation sites is 1. The summed E-state index contributed by atoms with van der Waals surface area (Å²) in [5.74, 6) is 0.583. The first kappa shape index (κ1) is 17.5. The molecule has 2 aromatic carbocycles. The van der Waals surface area contributed by atoms with E-state index in [9.17, 15) is 4.79 Å². The van der Waals surface area contributed by atoms with Crippen molar-refractivity contribution < 1.29 is 9.21 Å². The number of ketones is 1. The second-order valence-electron chi connectivity index (χ2n) is 6.07. The number of benzene rings is 2. The molecule has 0 fully saturated rings. The molecule has 0 bridgehead atoms. The molecule has 5 rings (SSSR count). The largest absolute Gasteiger partial charge is 0.410 e. The molecule has 0 amide bonds. The van der Waals surface area contributed by atoms with Crippen LogP contribution in [-0.4, -0.2) is 26.7 Å². The number of nitrogens with one attached hydrogen (secondary N) is 1. The zero-order valence-corrected chi connectivity index (χ0v) is 16.7. The van der Waals surface area contributed by atoms with E-state index in [4.69, 9.17) is 16.0 Å². The van der Waals surface area contributed by atoms with Crippen LogP contribution in [0.5, 0.6) is 0 Å². The predicted molar refractivity (Wildman–Crippen MR) is 113 cm³/mol. The Hall–Kier alpha value is -2.61. The number of carbonyl (C=O) groups excluding carboxylic acids is 1. The molecule has 0 spiro atoms. The number of nitrogens with zero attached hydrogens (tertiary/aromatic N) is 2. The number of H-pyrrole nitrogens is 1. The quantitative estimate of drug-likeness (QED) is 0.273. The van der Waals surface area contributed by atoms with Crippen LogP contribution in [-0.2, 0) is 0 Å². The number of hydrogen-bond donors (Lipinski definition) is 1. The van der Waals surface area contributed by atoms with Gasteiger partial charge in [0.05, 0.1) is 10.8 Å². The van der Waals surface area contributed by atoms with E-state index in [1.54, 1.807) is 6.20 Å². The van der Waals surface area contributed by atoms with E-state index in [1.165, 1.54) is 23.1 Å². The van der Waals surface area contributed by atoms with Crippen molar-refractivity contribution in [1.82, 2.24) is 15.2 Å². The maximum absolute atomic E-state index is 12.6. The van der Waals surface area contributed by atoms with Gasteiger partial charge in [0, 0.05) is 32.7 Å². The highest BCUT2D eigenvalue weighted by molar-refractivity contribution is 7.99. The number of fused-ring (bicyclic) bond motifs is 2. The van der Waals surface area contributed by atoms with E-state index < -0.39 is 0 Å². The van der Waals surface area contributed by atoms with Crippen molar-refractivity contribution in [2.45, 2.75) is 5.22 Å². The van der Waals surface area contributed by atoms with Gasteiger partial charge in [-0.3, -0.25) is 4.79 Å². The second kappa shape index (κ2) is 7.09. The van der Waals surface area contributed by atoms with Gasteiger partial charge in [-0.2, -0.15) is 0 Å². The molecule has 0 saturated carbocycles. The lowest BCUT2D eigenvalue weighted by Gasteiger charge is -1.97. The van der Waals surface area contributed by atoms with E-state index in [0.29, 0.717) is 21.7 Å². The molecule has 3 heterocycles. The van der Waals surface area contributed by atoms with Crippen molar-refractivity contribution in [3.63, 3.8) is 0 Å². The van der Waals surface area contributed by atoms with E-state index in [0.717, 1.165) is 25.9 Å². The molecular formula is C20H12ClN3O2S2. The van der Waals surface area contributed by atoms with Crippen molar-refractivity contribution in [3.8, 4) is 10.8 Å². The number of aromatic nitrogens is 3. The average molecular weight is 426 g/mol. The molecule has 0 aliphatic rings. The van der Waals surface area contributed by atoms with Crippen LogP contribution in [0.1, 0.15) is 10.4 Å². The molecule has 0 saturated heterocycles. The molecule has 28 heavy (non-hydrogen) atoms. The molecule has 1 N–H and O–H groups in total. The summed E-state index contributed by atoms with van der Waals surface area (Å²) in [6, 6.07) is 15.6. The molecule has 8 heteroatoms. The highest BCUT2D eigenvalue weighted by Crippen LogP contribution is 2.41. The number of hydrogen-bond acceptors (Lipinski definition) is 6. The minimum Gasteiger partial charge on any atom is -0.410 e. The predicted octanol–water partition coefficient (Wildman–Crippen LogP) is 6.06. The molecule has 138 valence electrons. The third kappa shape index (κ3) is 3.01. The highest BCUT2D eigenvalue weighted by Gasteiger charge is 2.19. The van der Waals surface area contributed by atoms with Crippen molar-refractivity contribution in [2.75, 3.05) is 5.75 Å². The number of carbonyl (C=O) groups is 1. The van der Waals surface area contributed by atoms with Crippen LogP contribution >= 0.6 is 34.7 Å². The maximum Gasteiger partial charge on any atom is 0.277 e. The summed E-state index contributed by atoms with van der Waals surface area (Å²) in [4.78, 5) is 16.4. The lowest BCUT2D eigenvalue weighted by Crippen LogP contribution is -2.01. The van der Waals surface area contributed by atoms with Gasteiger partial charge in [-0.25, -0.2) is 0 Å². The fraction of sp³-hybridized carbons (Fsp3) is 0.0500. The molecule has 0 radical (unpaired) electrons. The number of halogens is 1. The van der Waals surface area contributed by atoms with Crippen LogP contribution in [0.3, 0.4) is 0 Å². The summed E-state index contributed by atoms with van der Waals surface area (Å²) in [7, 11) is 0. The second-order valence-corrected chi connectivity index (χ2v) is 8.43. The van der Waals surface area contributed by atoms with Crippen LogP contribution in [0.25, 0.3) is 31.8 Å². The number of thioether (sulfide) groups is 1. The fourth-order valence-corrected chi connectivity index (χ4v) is 5.10. The lowest BCUT2D eigenvalue weighted by molar-refractivity contribution is 0.102. The summed E-state index contributed by atoms with van der Waals surface area (Å²) < 4.78 is 6.80. The normalized spacial score (nSPS) is 11.5. The number of Topliss-reactive ketones (excluding diaryl/α,β-unsaturated/α-hetero) is 1. The van der Waals surface area contributed by atoms with Crippen molar-refractivity contribution in [3.05, 3.63) is 65.3 Å². The van der Waals surface area contributed by atoms with Crippen LogP contribution in [0.2, 0.25) is 5.02 Å². The van der Waals surface area contributed by atoms with Gasteiger partial charge in [-0.1, -0.05) is 59.8 Å². The minimum atomic E-state index is 0.00194. The summed E-state index contributed by atoms with van der Waals surface area (Å²) in [5, 5.41) is 11.0. The first-order valence-electron chi connectivity index (χ1n) is 8.44. The van der Waals surface area contributed by atoms with Gasteiger partial charge in [-0.15, -0.1) is 21.5 Å². The van der Waals surface area contributed by atoms with Crippen LogP contribution in [0.4, 0.5) is 0 Å². The Morgan fingerprint density at radius 1 is 1.11 bits per heavy atom. The molecule has 5 nitrogen and oxygen atoms in total. The highest BCUT2D eigenvalue weighted by atomic mass is 35.5. The van der Waals surface area contributed by atoms with Crippen molar-refractivity contribution in [1.29, 1.82) is 0 Å². The molecule has 0 aliphatic carbocycles. The molecule has 0 aliphatic heterocycles.